The van der Waals surface area contributed by atoms with Crippen molar-refractivity contribution in [3.63, 3.8) is 0 Å². The fourth-order valence-electron chi connectivity index (χ4n) is 2.51. The van der Waals surface area contributed by atoms with Gasteiger partial charge in [-0.2, -0.15) is 0 Å². The second kappa shape index (κ2) is 7.55. The van der Waals surface area contributed by atoms with Gasteiger partial charge in [-0.1, -0.05) is 48.5 Å². The quantitative estimate of drug-likeness (QED) is 0.723. The highest BCUT2D eigenvalue weighted by Gasteiger charge is 2.04. The third kappa shape index (κ3) is 4.07. The van der Waals surface area contributed by atoms with Gasteiger partial charge in [0.1, 0.15) is 12.4 Å². The van der Waals surface area contributed by atoms with E-state index in [0.717, 1.165) is 23.3 Å². The summed E-state index contributed by atoms with van der Waals surface area (Å²) in [5, 5.41) is 9.65. The summed E-state index contributed by atoms with van der Waals surface area (Å²) in [6.45, 7) is 0.565. The summed E-state index contributed by atoms with van der Waals surface area (Å²) in [7, 11) is 1.55. The Hall–Kier alpha value is -2.94. The Balaban J connectivity index is 1.62. The van der Waals surface area contributed by atoms with Crippen LogP contribution in [-0.4, -0.2) is 12.2 Å². The molecular weight excluding hydrogens is 300 g/mol. The smallest absolute Gasteiger partial charge is 0.160 e. The molecule has 0 heterocycles. The largest absolute Gasteiger partial charge is 0.504 e. The molecule has 0 radical (unpaired) electrons. The Morgan fingerprint density at radius 2 is 1.50 bits per heavy atom. The molecule has 0 bridgehead atoms. The van der Waals surface area contributed by atoms with Crippen molar-refractivity contribution < 1.29 is 14.6 Å². The van der Waals surface area contributed by atoms with E-state index >= 15 is 0 Å². The summed E-state index contributed by atoms with van der Waals surface area (Å²) in [5.41, 5.74) is 3.41. The number of hydrogen-bond donors (Lipinski definition) is 1. The minimum absolute atomic E-state index is 0.158. The second-order valence-electron chi connectivity index (χ2n) is 5.60. The lowest BCUT2D eigenvalue weighted by molar-refractivity contribution is 0.306. The van der Waals surface area contributed by atoms with E-state index in [-0.39, 0.29) is 5.75 Å². The molecule has 0 spiro atoms. The van der Waals surface area contributed by atoms with Crippen molar-refractivity contribution in [3.8, 4) is 17.2 Å². The third-order valence-corrected chi connectivity index (χ3v) is 3.82. The Morgan fingerprint density at radius 1 is 0.792 bits per heavy atom. The van der Waals surface area contributed by atoms with E-state index in [0.29, 0.717) is 12.4 Å². The molecule has 1 N–H and O–H groups in total. The van der Waals surface area contributed by atoms with Crippen LogP contribution in [0.3, 0.4) is 0 Å². The first-order valence-electron chi connectivity index (χ1n) is 7.86. The maximum Gasteiger partial charge on any atom is 0.160 e. The number of hydrogen-bond acceptors (Lipinski definition) is 3. The van der Waals surface area contributed by atoms with Crippen LogP contribution in [0.1, 0.15) is 16.7 Å². The van der Waals surface area contributed by atoms with Crippen molar-refractivity contribution >= 4 is 0 Å². The first kappa shape index (κ1) is 15.9. The van der Waals surface area contributed by atoms with Crippen LogP contribution in [0.2, 0.25) is 0 Å². The van der Waals surface area contributed by atoms with Gasteiger partial charge in [0.2, 0.25) is 0 Å². The molecule has 0 unspecified atom stereocenters. The molecule has 0 aliphatic rings. The van der Waals surface area contributed by atoms with E-state index in [1.807, 2.05) is 54.6 Å². The van der Waals surface area contributed by atoms with Gasteiger partial charge in [0.05, 0.1) is 7.11 Å². The van der Waals surface area contributed by atoms with Gasteiger partial charge in [0.25, 0.3) is 0 Å². The number of phenolic OH excluding ortho intramolecular Hbond substituents is 1. The molecular formula is C21H20O3. The molecule has 0 atom stereocenters. The molecule has 0 aliphatic carbocycles. The molecule has 3 nitrogen and oxygen atoms in total. The molecule has 3 heteroatoms. The zero-order chi connectivity index (χ0) is 16.8. The molecule has 0 fully saturated rings. The second-order valence-corrected chi connectivity index (χ2v) is 5.60. The lowest BCUT2D eigenvalue weighted by Gasteiger charge is -2.09. The minimum Gasteiger partial charge on any atom is -0.504 e. The minimum atomic E-state index is 0.158. The monoisotopic (exact) mass is 320 g/mol. The molecule has 24 heavy (non-hydrogen) atoms. The van der Waals surface area contributed by atoms with Gasteiger partial charge in [-0.25, -0.2) is 0 Å². The van der Waals surface area contributed by atoms with E-state index in [1.54, 1.807) is 13.2 Å². The van der Waals surface area contributed by atoms with Crippen LogP contribution < -0.4 is 9.47 Å². The number of aromatic hydroxyl groups is 1. The Morgan fingerprint density at radius 3 is 2.21 bits per heavy atom. The van der Waals surface area contributed by atoms with E-state index < -0.39 is 0 Å². The lowest BCUT2D eigenvalue weighted by atomic mass is 10.0. The van der Waals surface area contributed by atoms with Crippen LogP contribution in [0.5, 0.6) is 17.2 Å². The molecule has 0 saturated heterocycles. The zero-order valence-electron chi connectivity index (χ0n) is 13.6. The highest BCUT2D eigenvalue weighted by atomic mass is 16.5. The SMILES string of the molecule is COc1cc(Cc2ccc(OCc3ccccc3)cc2)ccc1O. The Bertz CT molecular complexity index is 780. The van der Waals surface area contributed by atoms with Crippen LogP contribution >= 0.6 is 0 Å². The normalized spacial score (nSPS) is 10.4. The lowest BCUT2D eigenvalue weighted by Crippen LogP contribution is -1.95. The molecule has 0 aliphatic heterocycles. The summed E-state index contributed by atoms with van der Waals surface area (Å²) >= 11 is 0. The van der Waals surface area contributed by atoms with Crippen molar-refractivity contribution in [2.24, 2.45) is 0 Å². The van der Waals surface area contributed by atoms with Crippen molar-refractivity contribution in [1.82, 2.24) is 0 Å². The molecule has 3 aromatic rings. The Kier molecular flexibility index (Phi) is 5.02. The van der Waals surface area contributed by atoms with Gasteiger partial charge in [0, 0.05) is 0 Å². The number of methoxy groups -OCH3 is 1. The molecule has 0 amide bonds. The molecule has 122 valence electrons. The van der Waals surface area contributed by atoms with Crippen LogP contribution in [0.4, 0.5) is 0 Å². The Labute approximate surface area is 142 Å². The summed E-state index contributed by atoms with van der Waals surface area (Å²) in [6.07, 6.45) is 0.773. The predicted octanol–water partition coefficient (Wildman–Crippen LogP) is 4.57. The van der Waals surface area contributed by atoms with Crippen molar-refractivity contribution in [1.29, 1.82) is 0 Å². The van der Waals surface area contributed by atoms with E-state index in [2.05, 4.69) is 12.1 Å². The molecule has 0 saturated carbocycles. The fraction of sp³-hybridized carbons (Fsp3) is 0.143. The van der Waals surface area contributed by atoms with E-state index in [1.165, 1.54) is 5.56 Å². The first-order chi connectivity index (χ1) is 11.7. The summed E-state index contributed by atoms with van der Waals surface area (Å²) < 4.78 is 10.9. The van der Waals surface area contributed by atoms with Gasteiger partial charge in [0.15, 0.2) is 11.5 Å². The van der Waals surface area contributed by atoms with Crippen molar-refractivity contribution in [3.05, 3.63) is 89.5 Å². The van der Waals surface area contributed by atoms with E-state index in [9.17, 15) is 5.11 Å². The van der Waals surface area contributed by atoms with Crippen LogP contribution in [0.25, 0.3) is 0 Å². The maximum absolute atomic E-state index is 9.65. The topological polar surface area (TPSA) is 38.7 Å². The maximum atomic E-state index is 9.65. The van der Waals surface area contributed by atoms with Gasteiger partial charge in [-0.05, 0) is 47.4 Å². The average molecular weight is 320 g/mol. The van der Waals surface area contributed by atoms with Crippen LogP contribution in [-0.2, 0) is 13.0 Å². The third-order valence-electron chi connectivity index (χ3n) is 3.82. The van der Waals surface area contributed by atoms with Gasteiger partial charge in [-0.3, -0.25) is 0 Å². The number of phenols is 1. The van der Waals surface area contributed by atoms with E-state index in [4.69, 9.17) is 9.47 Å². The standard InChI is InChI=1S/C21H20O3/c1-23-21-14-18(9-12-20(21)22)13-16-7-10-19(11-8-16)24-15-17-5-3-2-4-6-17/h2-12,14,22H,13,15H2,1H3. The van der Waals surface area contributed by atoms with Gasteiger partial charge < -0.3 is 14.6 Å². The molecule has 3 aromatic carbocycles. The summed E-state index contributed by atoms with van der Waals surface area (Å²) in [5.74, 6) is 1.51. The number of rotatable bonds is 6. The number of benzene rings is 3. The zero-order valence-corrected chi connectivity index (χ0v) is 13.6. The van der Waals surface area contributed by atoms with Gasteiger partial charge in [-0.15, -0.1) is 0 Å². The van der Waals surface area contributed by atoms with Crippen LogP contribution in [0.15, 0.2) is 72.8 Å². The predicted molar refractivity (Wildman–Crippen MR) is 94.7 cm³/mol. The highest BCUT2D eigenvalue weighted by molar-refractivity contribution is 5.43. The summed E-state index contributed by atoms with van der Waals surface area (Å²) in [4.78, 5) is 0. The highest BCUT2D eigenvalue weighted by Crippen LogP contribution is 2.27. The average Bonchev–Trinajstić information content (AvgIpc) is 2.63. The van der Waals surface area contributed by atoms with Crippen molar-refractivity contribution in [2.75, 3.05) is 7.11 Å². The van der Waals surface area contributed by atoms with Gasteiger partial charge >= 0.3 is 0 Å². The summed E-state index contributed by atoms with van der Waals surface area (Å²) in [6, 6.07) is 23.6. The molecule has 3 rings (SSSR count). The van der Waals surface area contributed by atoms with Crippen molar-refractivity contribution in [2.45, 2.75) is 13.0 Å². The fourth-order valence-corrected chi connectivity index (χ4v) is 2.51. The molecule has 0 aromatic heterocycles. The number of ether oxygens (including phenoxy) is 2. The first-order valence-corrected chi connectivity index (χ1v) is 7.86. The van der Waals surface area contributed by atoms with Crippen LogP contribution in [0, 0.1) is 0 Å².